The van der Waals surface area contributed by atoms with Crippen LogP contribution < -0.4 is 4.90 Å². The van der Waals surface area contributed by atoms with Gasteiger partial charge in [-0.2, -0.15) is 0 Å². The van der Waals surface area contributed by atoms with Gasteiger partial charge in [0, 0.05) is 24.6 Å². The fourth-order valence-corrected chi connectivity index (χ4v) is 4.67. The zero-order valence-corrected chi connectivity index (χ0v) is 16.5. The average Bonchev–Trinajstić information content (AvgIpc) is 3.30. The molecule has 2 aromatic rings. The number of thiophene rings is 1. The lowest BCUT2D eigenvalue weighted by atomic mass is 9.98. The number of imide groups is 1. The number of aliphatic hydroxyl groups excluding tert-OH is 1. The van der Waals surface area contributed by atoms with Gasteiger partial charge in [0.2, 0.25) is 0 Å². The van der Waals surface area contributed by atoms with Crippen molar-refractivity contribution in [2.45, 2.75) is 12.8 Å². The molecule has 0 radical (unpaired) electrons. The Labute approximate surface area is 170 Å². The van der Waals surface area contributed by atoms with Gasteiger partial charge in [0.25, 0.3) is 11.8 Å². The normalized spacial score (nSPS) is 20.5. The molecule has 3 heterocycles. The van der Waals surface area contributed by atoms with Crippen molar-refractivity contribution in [3.63, 3.8) is 0 Å². The van der Waals surface area contributed by atoms with Crippen LogP contribution in [-0.4, -0.2) is 41.5 Å². The van der Waals surface area contributed by atoms with Gasteiger partial charge in [-0.25, -0.2) is 9.29 Å². The van der Waals surface area contributed by atoms with Crippen molar-refractivity contribution in [2.24, 2.45) is 5.92 Å². The van der Waals surface area contributed by atoms with Gasteiger partial charge in [-0.05, 0) is 48.4 Å². The highest BCUT2D eigenvalue weighted by Gasteiger charge is 2.43. The number of carbonyl (C=O) groups is 2. The highest BCUT2D eigenvalue weighted by atomic mass is 35.5. The fraction of sp³-hybridized carbons (Fsp3) is 0.300. The number of aliphatic hydroxyl groups is 1. The largest absolute Gasteiger partial charge is 0.396 e. The Morgan fingerprint density at radius 1 is 1.25 bits per heavy atom. The molecule has 0 aliphatic carbocycles. The lowest BCUT2D eigenvalue weighted by molar-refractivity contribution is -0.120. The molecule has 5 nitrogen and oxygen atoms in total. The molecule has 1 aromatic heterocycles. The molecule has 1 saturated heterocycles. The second kappa shape index (κ2) is 7.66. The molecule has 0 saturated carbocycles. The zero-order valence-electron chi connectivity index (χ0n) is 14.9. The summed E-state index contributed by atoms with van der Waals surface area (Å²) in [5.41, 5.74) is 0.922. The Morgan fingerprint density at radius 3 is 2.75 bits per heavy atom. The smallest absolute Gasteiger partial charge is 0.282 e. The number of hydrogen-bond acceptors (Lipinski definition) is 5. The third kappa shape index (κ3) is 3.23. The van der Waals surface area contributed by atoms with Crippen LogP contribution in [0.4, 0.5) is 10.1 Å². The van der Waals surface area contributed by atoms with Crippen molar-refractivity contribution in [1.29, 1.82) is 0 Å². The number of benzene rings is 1. The molecule has 1 atom stereocenters. The number of likely N-dealkylation sites (tertiary alicyclic amines) is 1. The van der Waals surface area contributed by atoms with E-state index in [0.29, 0.717) is 29.2 Å². The first-order chi connectivity index (χ1) is 13.5. The lowest BCUT2D eigenvalue weighted by Crippen LogP contribution is -2.40. The average molecular weight is 421 g/mol. The van der Waals surface area contributed by atoms with Gasteiger partial charge < -0.3 is 10.0 Å². The monoisotopic (exact) mass is 420 g/mol. The molecule has 1 N–H and O–H groups in total. The Bertz CT molecular complexity index is 960. The quantitative estimate of drug-likeness (QED) is 0.769. The Morgan fingerprint density at radius 2 is 2.07 bits per heavy atom. The van der Waals surface area contributed by atoms with Gasteiger partial charge >= 0.3 is 0 Å². The van der Waals surface area contributed by atoms with Crippen LogP contribution in [0.2, 0.25) is 5.02 Å². The third-order valence-electron chi connectivity index (χ3n) is 5.08. The van der Waals surface area contributed by atoms with Gasteiger partial charge in [0.1, 0.15) is 11.5 Å². The molecule has 2 amide bonds. The highest BCUT2D eigenvalue weighted by Crippen LogP contribution is 2.38. The van der Waals surface area contributed by atoms with Crippen molar-refractivity contribution in [1.82, 2.24) is 4.90 Å². The van der Waals surface area contributed by atoms with E-state index < -0.39 is 17.6 Å². The SMILES string of the molecule is O=C1C(c2cccs2)=C(N2CCCC(CO)C2)C(=O)N1c1ccc(F)c(Cl)c1. The molecule has 146 valence electrons. The number of piperidine rings is 1. The molecule has 2 aliphatic rings. The number of hydrogen-bond donors (Lipinski definition) is 1. The van der Waals surface area contributed by atoms with E-state index in [-0.39, 0.29) is 23.2 Å². The van der Waals surface area contributed by atoms with E-state index in [1.165, 1.54) is 23.5 Å². The summed E-state index contributed by atoms with van der Waals surface area (Å²) in [4.78, 5) is 30.2. The van der Waals surface area contributed by atoms with E-state index in [9.17, 15) is 19.1 Å². The van der Waals surface area contributed by atoms with Crippen molar-refractivity contribution >= 4 is 46.0 Å². The van der Waals surface area contributed by atoms with Crippen LogP contribution in [0.3, 0.4) is 0 Å². The Hall–Kier alpha value is -2.22. The molecule has 0 spiro atoms. The van der Waals surface area contributed by atoms with Crippen LogP contribution >= 0.6 is 22.9 Å². The number of nitrogens with zero attached hydrogens (tertiary/aromatic N) is 2. The van der Waals surface area contributed by atoms with Crippen molar-refractivity contribution in [3.05, 3.63) is 57.1 Å². The third-order valence-corrected chi connectivity index (χ3v) is 6.26. The topological polar surface area (TPSA) is 60.9 Å². The van der Waals surface area contributed by atoms with Gasteiger partial charge in [-0.15, -0.1) is 11.3 Å². The Kier molecular flexibility index (Phi) is 5.23. The number of rotatable bonds is 4. The standard InChI is InChI=1S/C20H18ClFN2O3S/c21-14-9-13(5-6-15(14)22)24-19(26)17(16-4-2-8-28-16)18(20(24)27)23-7-1-3-12(10-23)11-25/h2,4-6,8-9,12,25H,1,3,7,10-11H2. The van der Waals surface area contributed by atoms with E-state index in [0.717, 1.165) is 23.8 Å². The molecule has 28 heavy (non-hydrogen) atoms. The summed E-state index contributed by atoms with van der Waals surface area (Å²) in [5.74, 6) is -1.45. The molecule has 4 rings (SSSR count). The minimum absolute atomic E-state index is 0.0392. The number of anilines is 1. The maximum Gasteiger partial charge on any atom is 0.282 e. The van der Waals surface area contributed by atoms with Crippen molar-refractivity contribution in [3.8, 4) is 0 Å². The van der Waals surface area contributed by atoms with E-state index in [1.807, 2.05) is 16.3 Å². The summed E-state index contributed by atoms with van der Waals surface area (Å²) < 4.78 is 13.6. The van der Waals surface area contributed by atoms with Crippen LogP contribution in [0.5, 0.6) is 0 Å². The maximum absolute atomic E-state index is 13.6. The molecule has 1 fully saturated rings. The summed E-state index contributed by atoms with van der Waals surface area (Å²) in [5, 5.41) is 11.3. The van der Waals surface area contributed by atoms with Crippen LogP contribution in [0.25, 0.3) is 5.57 Å². The number of carbonyl (C=O) groups excluding carboxylic acids is 2. The first kappa shape index (κ1) is 19.1. The molecular weight excluding hydrogens is 403 g/mol. The van der Waals surface area contributed by atoms with E-state index in [1.54, 1.807) is 6.07 Å². The predicted octanol–water partition coefficient (Wildman–Crippen LogP) is 3.53. The maximum atomic E-state index is 13.6. The minimum Gasteiger partial charge on any atom is -0.396 e. The van der Waals surface area contributed by atoms with Gasteiger partial charge in [-0.1, -0.05) is 17.7 Å². The van der Waals surface area contributed by atoms with Crippen molar-refractivity contribution in [2.75, 3.05) is 24.6 Å². The fourth-order valence-electron chi connectivity index (χ4n) is 3.73. The van der Waals surface area contributed by atoms with Gasteiger partial charge in [0.05, 0.1) is 16.3 Å². The summed E-state index contributed by atoms with van der Waals surface area (Å²) in [6.45, 7) is 1.19. The molecule has 0 bridgehead atoms. The van der Waals surface area contributed by atoms with Gasteiger partial charge in [-0.3, -0.25) is 9.59 Å². The highest BCUT2D eigenvalue weighted by molar-refractivity contribution is 7.11. The summed E-state index contributed by atoms with van der Waals surface area (Å²) >= 11 is 7.26. The van der Waals surface area contributed by atoms with Crippen molar-refractivity contribution < 1.29 is 19.1 Å². The first-order valence-corrected chi connectivity index (χ1v) is 10.2. The predicted molar refractivity (Wildman–Crippen MR) is 107 cm³/mol. The zero-order chi connectivity index (χ0) is 19.8. The molecule has 1 aromatic carbocycles. The summed E-state index contributed by atoms with van der Waals surface area (Å²) in [7, 11) is 0. The first-order valence-electron chi connectivity index (χ1n) is 8.99. The number of halogens is 2. The summed E-state index contributed by atoms with van der Waals surface area (Å²) in [6, 6.07) is 7.43. The second-order valence-electron chi connectivity index (χ2n) is 6.88. The van der Waals surface area contributed by atoms with Crippen LogP contribution in [-0.2, 0) is 9.59 Å². The lowest BCUT2D eigenvalue weighted by Gasteiger charge is -2.34. The molecule has 1 unspecified atom stereocenters. The summed E-state index contributed by atoms with van der Waals surface area (Å²) in [6.07, 6.45) is 1.71. The van der Waals surface area contributed by atoms with Crippen LogP contribution in [0, 0.1) is 11.7 Å². The van der Waals surface area contributed by atoms with E-state index >= 15 is 0 Å². The van der Waals surface area contributed by atoms with Crippen LogP contribution in [0.15, 0.2) is 41.4 Å². The molecular formula is C20H18ClFN2O3S. The Balaban J connectivity index is 1.79. The van der Waals surface area contributed by atoms with E-state index in [4.69, 9.17) is 11.6 Å². The van der Waals surface area contributed by atoms with Crippen LogP contribution in [0.1, 0.15) is 17.7 Å². The molecule has 8 heteroatoms. The molecule has 2 aliphatic heterocycles. The van der Waals surface area contributed by atoms with E-state index in [2.05, 4.69) is 0 Å². The minimum atomic E-state index is -0.613. The number of amides is 2. The van der Waals surface area contributed by atoms with Gasteiger partial charge in [0.15, 0.2) is 0 Å². The second-order valence-corrected chi connectivity index (χ2v) is 8.24.